The van der Waals surface area contributed by atoms with E-state index in [1.54, 1.807) is 11.9 Å². The van der Waals surface area contributed by atoms with Gasteiger partial charge < -0.3 is 73.0 Å². The summed E-state index contributed by atoms with van der Waals surface area (Å²) >= 11 is 0. The molecule has 0 spiro atoms. The normalized spacial score (nSPS) is 13.7. The first-order valence-corrected chi connectivity index (χ1v) is 31.1. The highest BCUT2D eigenvalue weighted by molar-refractivity contribution is 5.84. The molecule has 0 saturated carbocycles. The number of hydroxylamine groups is 1. The third-order valence-corrected chi connectivity index (χ3v) is 10.2. The number of aliphatic carboxylic acids is 2. The van der Waals surface area contributed by atoms with E-state index in [4.69, 9.17) is 30.4 Å². The van der Waals surface area contributed by atoms with Gasteiger partial charge in [0.25, 0.3) is 0 Å². The fraction of sp³-hybridized carbons (Fsp3) is 0.839. The standard InChI is InChI=1S/C10H21N3O.C10H20N2O2.C9H20N2O2.C9H17NO3.C8H16N2O3.C8H18N2O2.C8H15NO3/c1-10(2,3)12-9(14)8-13-6-4-11-5-7-13;1-10(2,3)11-9(13)8-12-4-6-14-7-5-12;1-9(2,3)10-8(13)7-11(4)5-6-12;1-9(2,3)10-7(11)5-4-6-8(12)13;1-8(2,3)9-6(11)4-5-7(12)10-13;1-8(2,3)10-7(12)6-9-4-5-11;1-8(2,3)9-6(10)4-5-7(11)12/h11H,4-8H2,1-3H3,(H,12,14);4-8H2,1-3H3,(H,11,13);12H,5-7H2,1-4H3,(H,10,13);4-6H2,1-3H3,(H,10,11)(H,12,13);13H,4-5H2,1-3H3,(H,9,11)(H,10,12);9,11H,4-6H2,1-3H3,(H,10,12);4-5H2,1-3H3,(H,9,10)(H,11,12). The van der Waals surface area contributed by atoms with Gasteiger partial charge in [-0.1, -0.05) is 0 Å². The Morgan fingerprint density at radius 3 is 1.11 bits per heavy atom. The fourth-order valence-electron chi connectivity index (χ4n) is 6.99. The van der Waals surface area contributed by atoms with Crippen molar-refractivity contribution in [1.29, 1.82) is 0 Å². The molecule has 2 fully saturated rings. The first kappa shape index (κ1) is 94.0. The minimum absolute atomic E-state index is 0.00157. The Kier molecular flexibility index (Phi) is 50.6. The third kappa shape index (κ3) is 82.3. The van der Waals surface area contributed by atoms with Crippen molar-refractivity contribution in [2.24, 2.45) is 0 Å². The zero-order valence-corrected chi connectivity index (χ0v) is 59.8. The molecule has 0 bridgehead atoms. The van der Waals surface area contributed by atoms with E-state index in [2.05, 4.69) is 57.7 Å². The second-order valence-electron chi connectivity index (χ2n) is 29.0. The summed E-state index contributed by atoms with van der Waals surface area (Å²) in [5, 5.41) is 67.5. The molecule has 8 amide bonds. The van der Waals surface area contributed by atoms with Crippen LogP contribution in [0.15, 0.2) is 0 Å². The lowest BCUT2D eigenvalue weighted by atomic mass is 10.1. The summed E-state index contributed by atoms with van der Waals surface area (Å²) in [5.74, 6) is -2.69. The molecule has 29 heteroatoms. The van der Waals surface area contributed by atoms with Gasteiger partial charge in [0.15, 0.2) is 0 Å². The number of piperazine rings is 1. The summed E-state index contributed by atoms with van der Waals surface area (Å²) in [6, 6.07) is 0. The van der Waals surface area contributed by atoms with Crippen LogP contribution in [0.5, 0.6) is 0 Å². The van der Waals surface area contributed by atoms with Crippen molar-refractivity contribution in [3.8, 4) is 0 Å². The lowest BCUT2D eigenvalue weighted by molar-refractivity contribution is -0.139. The van der Waals surface area contributed by atoms with Gasteiger partial charge in [0.1, 0.15) is 0 Å². The Hall–Kier alpha value is -5.66. The van der Waals surface area contributed by atoms with Crippen molar-refractivity contribution in [3.63, 3.8) is 0 Å². The topological polar surface area (TPSA) is 411 Å². The SMILES string of the molecule is CC(C)(C)NC(=O)CCC(=O)NO.CC(C)(C)NC(=O)CCC(=O)O.CC(C)(C)NC(=O)CCCC(=O)O.CC(C)(C)NC(=O)CN1CCNCC1.CC(C)(C)NC(=O)CN1CCOCC1.CC(C)(C)NC(=O)CNCCO.CN(CCO)CC(=O)NC(C)(C)C. The van der Waals surface area contributed by atoms with Gasteiger partial charge in [-0.05, 0) is 159 Å². The molecule has 0 aromatic carbocycles. The Morgan fingerprint density at radius 2 is 0.758 bits per heavy atom. The molecule has 2 heterocycles. The molecule has 0 unspecified atom stereocenters. The highest BCUT2D eigenvalue weighted by Crippen LogP contribution is 2.06. The molecule has 0 radical (unpaired) electrons. The van der Waals surface area contributed by atoms with Crippen LogP contribution in [0, 0.1) is 0 Å². The number of nitrogens with zero attached hydrogens (tertiary/aromatic N) is 3. The molecule has 0 atom stereocenters. The van der Waals surface area contributed by atoms with Gasteiger partial charge in [-0.2, -0.15) is 0 Å². The number of carbonyl (C=O) groups is 10. The molecule has 2 saturated heterocycles. The van der Waals surface area contributed by atoms with Crippen LogP contribution >= 0.6 is 0 Å². The van der Waals surface area contributed by atoms with Gasteiger partial charge in [-0.3, -0.25) is 67.9 Å². The predicted molar refractivity (Wildman–Crippen MR) is 354 cm³/mol. The Morgan fingerprint density at radius 1 is 0.429 bits per heavy atom. The Balaban J connectivity index is -0.000000316. The van der Waals surface area contributed by atoms with Crippen molar-refractivity contribution in [3.05, 3.63) is 0 Å². The van der Waals surface area contributed by atoms with Gasteiger partial charge in [0.05, 0.1) is 59.0 Å². The van der Waals surface area contributed by atoms with Crippen LogP contribution in [0.3, 0.4) is 0 Å². The molecular weight excluding hydrogens is 1180 g/mol. The maximum atomic E-state index is 11.6. The number of nitrogens with one attached hydrogen (secondary N) is 10. The molecule has 536 valence electrons. The molecule has 2 aliphatic rings. The number of ether oxygens (including phenoxy) is 1. The van der Waals surface area contributed by atoms with Crippen LogP contribution in [0.4, 0.5) is 0 Å². The molecule has 0 aromatic rings. The molecular formula is C62H127N13O16. The number of rotatable bonds is 22. The van der Waals surface area contributed by atoms with E-state index >= 15 is 0 Å². The number of likely N-dealkylation sites (N-methyl/N-ethyl adjacent to an activating group) is 1. The van der Waals surface area contributed by atoms with E-state index in [0.29, 0.717) is 39.1 Å². The van der Waals surface area contributed by atoms with Crippen LogP contribution in [0.1, 0.15) is 190 Å². The smallest absolute Gasteiger partial charge is 0.303 e. The van der Waals surface area contributed by atoms with Gasteiger partial charge in [-0.25, -0.2) is 5.48 Å². The largest absolute Gasteiger partial charge is 0.481 e. The zero-order valence-electron chi connectivity index (χ0n) is 59.8. The van der Waals surface area contributed by atoms with Gasteiger partial charge >= 0.3 is 11.9 Å². The van der Waals surface area contributed by atoms with Gasteiger partial charge in [0.2, 0.25) is 47.3 Å². The molecule has 2 rings (SSSR count). The van der Waals surface area contributed by atoms with E-state index in [9.17, 15) is 47.9 Å². The van der Waals surface area contributed by atoms with Crippen LogP contribution in [-0.2, 0) is 52.7 Å². The van der Waals surface area contributed by atoms with Crippen molar-refractivity contribution in [1.82, 2.24) is 68.0 Å². The number of amides is 8. The fourth-order valence-corrected chi connectivity index (χ4v) is 6.99. The zero-order chi connectivity index (χ0) is 72.0. The van der Waals surface area contributed by atoms with Gasteiger partial charge in [0, 0.05) is 123 Å². The van der Waals surface area contributed by atoms with E-state index in [-0.39, 0.29) is 138 Å². The number of aliphatic hydroxyl groups is 2. The summed E-state index contributed by atoms with van der Waals surface area (Å²) in [5.41, 5.74) is 0.0399. The number of carboxylic acids is 2. The predicted octanol–water partition coefficient (Wildman–Crippen LogP) is 1.46. The first-order chi connectivity index (χ1) is 41.2. The summed E-state index contributed by atoms with van der Waals surface area (Å²) in [7, 11) is 1.80. The van der Waals surface area contributed by atoms with Crippen molar-refractivity contribution in [2.75, 3.05) is 112 Å². The number of morpholine rings is 1. The highest BCUT2D eigenvalue weighted by atomic mass is 16.5. The number of carbonyl (C=O) groups excluding carboxylic acids is 8. The van der Waals surface area contributed by atoms with Crippen LogP contribution in [0.2, 0.25) is 0 Å². The highest BCUT2D eigenvalue weighted by Gasteiger charge is 2.21. The monoisotopic (exact) mass is 1310 g/mol. The molecule has 0 aromatic heterocycles. The maximum Gasteiger partial charge on any atom is 0.303 e. The van der Waals surface area contributed by atoms with Gasteiger partial charge in [-0.15, -0.1) is 0 Å². The molecule has 29 nitrogen and oxygen atoms in total. The molecule has 91 heavy (non-hydrogen) atoms. The quantitative estimate of drug-likeness (QED) is 0.0414. The average molecular weight is 1310 g/mol. The van der Waals surface area contributed by atoms with E-state index in [1.165, 1.54) is 5.48 Å². The Bertz CT molecular complexity index is 2030. The Labute approximate surface area is 544 Å². The summed E-state index contributed by atoms with van der Waals surface area (Å²) in [6.07, 6.45) is 0.759. The molecule has 0 aliphatic carbocycles. The molecule has 2 aliphatic heterocycles. The number of aliphatic hydroxyl groups excluding tert-OH is 2. The lowest BCUT2D eigenvalue weighted by Crippen LogP contribution is -2.50. The second kappa shape index (κ2) is 49.0. The lowest BCUT2D eigenvalue weighted by Gasteiger charge is -2.28. The van der Waals surface area contributed by atoms with Crippen molar-refractivity contribution >= 4 is 59.2 Å². The van der Waals surface area contributed by atoms with Crippen LogP contribution in [0.25, 0.3) is 0 Å². The van der Waals surface area contributed by atoms with Crippen molar-refractivity contribution < 1.29 is 78.3 Å². The van der Waals surface area contributed by atoms with Crippen molar-refractivity contribution in [2.45, 2.75) is 229 Å². The maximum absolute atomic E-state index is 11.6. The summed E-state index contributed by atoms with van der Waals surface area (Å²) in [4.78, 5) is 116. The minimum Gasteiger partial charge on any atom is -0.481 e. The number of hydrogen-bond acceptors (Lipinski definition) is 19. The van der Waals surface area contributed by atoms with E-state index < -0.39 is 17.8 Å². The number of hydrogen-bond donors (Lipinski definition) is 15. The van der Waals surface area contributed by atoms with Crippen LogP contribution in [-0.4, -0.2) is 250 Å². The average Bonchev–Trinajstić information content (AvgIpc) is 3.58. The minimum atomic E-state index is -0.945. The van der Waals surface area contributed by atoms with E-state index in [1.807, 2.05) is 145 Å². The number of carboxylic acid groups (broad SMARTS) is 2. The van der Waals surface area contributed by atoms with E-state index in [0.717, 1.165) is 52.5 Å². The third-order valence-electron chi connectivity index (χ3n) is 10.2. The molecule has 15 N–H and O–H groups in total. The summed E-state index contributed by atoms with van der Waals surface area (Å²) < 4.78 is 5.21. The first-order valence-electron chi connectivity index (χ1n) is 31.1. The van der Waals surface area contributed by atoms with Crippen LogP contribution < -0.4 is 53.3 Å². The summed E-state index contributed by atoms with van der Waals surface area (Å²) in [6.45, 7) is 50.2. The second-order valence-corrected chi connectivity index (χ2v) is 29.0.